The van der Waals surface area contributed by atoms with Gasteiger partial charge in [0.25, 0.3) is 5.91 Å². The standard InChI is InChI=1S/C19H24N2O3/c1-14(24-18-11-9-17(23-4)10-12-18)19(22)20-13-15-5-7-16(8-6-15)21(2)3/h5-12,14H,13H2,1-4H3,(H,20,22). The monoisotopic (exact) mass is 328 g/mol. The van der Waals surface area contributed by atoms with Gasteiger partial charge in [-0.05, 0) is 48.9 Å². The third kappa shape index (κ3) is 4.91. The molecule has 0 aromatic heterocycles. The van der Waals surface area contributed by atoms with Gasteiger partial charge in [-0.1, -0.05) is 12.1 Å². The van der Waals surface area contributed by atoms with Gasteiger partial charge in [-0.15, -0.1) is 0 Å². The zero-order chi connectivity index (χ0) is 17.5. The van der Waals surface area contributed by atoms with Gasteiger partial charge in [-0.25, -0.2) is 0 Å². The Balaban J connectivity index is 1.84. The first-order valence-electron chi connectivity index (χ1n) is 7.84. The molecule has 0 saturated carbocycles. The van der Waals surface area contributed by atoms with Gasteiger partial charge in [0.1, 0.15) is 11.5 Å². The molecule has 24 heavy (non-hydrogen) atoms. The molecule has 2 aromatic carbocycles. The Kier molecular flexibility index (Phi) is 6.07. The van der Waals surface area contributed by atoms with E-state index >= 15 is 0 Å². The number of carbonyl (C=O) groups is 1. The summed E-state index contributed by atoms with van der Waals surface area (Å²) in [7, 11) is 5.60. The number of rotatable bonds is 7. The van der Waals surface area contributed by atoms with Crippen molar-refractivity contribution in [3.05, 3.63) is 54.1 Å². The number of benzene rings is 2. The Morgan fingerprint density at radius 3 is 2.17 bits per heavy atom. The highest BCUT2D eigenvalue weighted by Crippen LogP contribution is 2.18. The minimum atomic E-state index is -0.570. The fourth-order valence-corrected chi connectivity index (χ4v) is 2.16. The number of hydrogen-bond acceptors (Lipinski definition) is 4. The lowest BCUT2D eigenvalue weighted by atomic mass is 10.2. The van der Waals surface area contributed by atoms with E-state index in [0.717, 1.165) is 17.0 Å². The van der Waals surface area contributed by atoms with E-state index in [0.29, 0.717) is 12.3 Å². The second kappa shape index (κ2) is 8.24. The number of anilines is 1. The largest absolute Gasteiger partial charge is 0.497 e. The molecule has 1 unspecified atom stereocenters. The summed E-state index contributed by atoms with van der Waals surface area (Å²) in [5.41, 5.74) is 2.17. The van der Waals surface area contributed by atoms with Crippen LogP contribution in [0.5, 0.6) is 11.5 Å². The van der Waals surface area contributed by atoms with E-state index in [9.17, 15) is 4.79 Å². The number of hydrogen-bond donors (Lipinski definition) is 1. The van der Waals surface area contributed by atoms with Crippen molar-refractivity contribution < 1.29 is 14.3 Å². The van der Waals surface area contributed by atoms with Gasteiger partial charge in [0.2, 0.25) is 0 Å². The minimum absolute atomic E-state index is 0.150. The van der Waals surface area contributed by atoms with Crippen molar-refractivity contribution in [2.45, 2.75) is 19.6 Å². The minimum Gasteiger partial charge on any atom is -0.497 e. The summed E-state index contributed by atoms with van der Waals surface area (Å²) in [5, 5.41) is 2.89. The predicted octanol–water partition coefficient (Wildman–Crippen LogP) is 2.84. The molecule has 0 aliphatic carbocycles. The number of amides is 1. The molecule has 5 heteroatoms. The first-order chi connectivity index (χ1) is 11.5. The number of nitrogens with zero attached hydrogens (tertiary/aromatic N) is 1. The zero-order valence-electron chi connectivity index (χ0n) is 14.6. The molecular formula is C19H24N2O3. The lowest BCUT2D eigenvalue weighted by molar-refractivity contribution is -0.127. The summed E-state index contributed by atoms with van der Waals surface area (Å²) in [6.07, 6.45) is -0.570. The zero-order valence-corrected chi connectivity index (χ0v) is 14.6. The second-order valence-electron chi connectivity index (χ2n) is 5.71. The molecule has 0 radical (unpaired) electrons. The van der Waals surface area contributed by atoms with Crippen LogP contribution in [-0.4, -0.2) is 33.2 Å². The Bertz CT molecular complexity index is 651. The average Bonchev–Trinajstić information content (AvgIpc) is 2.60. The van der Waals surface area contributed by atoms with Crippen molar-refractivity contribution in [2.24, 2.45) is 0 Å². The Morgan fingerprint density at radius 2 is 1.62 bits per heavy atom. The van der Waals surface area contributed by atoms with Gasteiger partial charge in [0.05, 0.1) is 7.11 Å². The Morgan fingerprint density at radius 1 is 1.04 bits per heavy atom. The second-order valence-corrected chi connectivity index (χ2v) is 5.71. The summed E-state index contributed by atoms with van der Waals surface area (Å²) in [6.45, 7) is 2.21. The van der Waals surface area contributed by atoms with Crippen LogP contribution in [0.3, 0.4) is 0 Å². The number of carbonyl (C=O) groups excluding carboxylic acids is 1. The third-order valence-electron chi connectivity index (χ3n) is 3.66. The van der Waals surface area contributed by atoms with Gasteiger partial charge >= 0.3 is 0 Å². The van der Waals surface area contributed by atoms with Crippen LogP contribution in [0.1, 0.15) is 12.5 Å². The molecule has 2 aromatic rings. The van der Waals surface area contributed by atoms with Crippen molar-refractivity contribution >= 4 is 11.6 Å². The normalized spacial score (nSPS) is 11.5. The first kappa shape index (κ1) is 17.7. The summed E-state index contributed by atoms with van der Waals surface area (Å²) in [5.74, 6) is 1.23. The van der Waals surface area contributed by atoms with E-state index in [2.05, 4.69) is 5.32 Å². The Labute approximate surface area is 143 Å². The molecule has 128 valence electrons. The molecule has 0 saturated heterocycles. The first-order valence-corrected chi connectivity index (χ1v) is 7.84. The summed E-state index contributed by atoms with van der Waals surface area (Å²) < 4.78 is 10.7. The van der Waals surface area contributed by atoms with Crippen molar-refractivity contribution in [1.29, 1.82) is 0 Å². The molecule has 0 aliphatic rings. The highest BCUT2D eigenvalue weighted by Gasteiger charge is 2.14. The maximum Gasteiger partial charge on any atom is 0.261 e. The van der Waals surface area contributed by atoms with E-state index in [1.807, 2.05) is 43.3 Å². The van der Waals surface area contributed by atoms with Crippen LogP contribution in [0.15, 0.2) is 48.5 Å². The molecule has 2 rings (SSSR count). The molecule has 0 spiro atoms. The van der Waals surface area contributed by atoms with E-state index in [1.165, 1.54) is 0 Å². The smallest absolute Gasteiger partial charge is 0.261 e. The van der Waals surface area contributed by atoms with Crippen molar-refractivity contribution in [3.63, 3.8) is 0 Å². The summed E-state index contributed by atoms with van der Waals surface area (Å²) in [6, 6.07) is 15.2. The molecule has 1 atom stereocenters. The van der Waals surface area contributed by atoms with Crippen LogP contribution < -0.4 is 19.7 Å². The van der Waals surface area contributed by atoms with Crippen LogP contribution in [-0.2, 0) is 11.3 Å². The SMILES string of the molecule is COc1ccc(OC(C)C(=O)NCc2ccc(N(C)C)cc2)cc1. The van der Waals surface area contributed by atoms with E-state index < -0.39 is 6.10 Å². The molecule has 5 nitrogen and oxygen atoms in total. The fourth-order valence-electron chi connectivity index (χ4n) is 2.16. The highest BCUT2D eigenvalue weighted by molar-refractivity contribution is 5.80. The summed E-state index contributed by atoms with van der Waals surface area (Å²) >= 11 is 0. The van der Waals surface area contributed by atoms with Crippen LogP contribution in [0.4, 0.5) is 5.69 Å². The van der Waals surface area contributed by atoms with Gasteiger partial charge in [0.15, 0.2) is 6.10 Å². The fraction of sp³-hybridized carbons (Fsp3) is 0.316. The topological polar surface area (TPSA) is 50.8 Å². The number of nitrogens with one attached hydrogen (secondary N) is 1. The quantitative estimate of drug-likeness (QED) is 0.849. The van der Waals surface area contributed by atoms with Crippen molar-refractivity contribution in [3.8, 4) is 11.5 Å². The van der Waals surface area contributed by atoms with Gasteiger partial charge in [-0.3, -0.25) is 4.79 Å². The number of ether oxygens (including phenoxy) is 2. The maximum absolute atomic E-state index is 12.1. The van der Waals surface area contributed by atoms with Gasteiger partial charge in [-0.2, -0.15) is 0 Å². The lowest BCUT2D eigenvalue weighted by Crippen LogP contribution is -2.35. The summed E-state index contributed by atoms with van der Waals surface area (Å²) in [4.78, 5) is 14.2. The lowest BCUT2D eigenvalue weighted by Gasteiger charge is -2.16. The molecule has 1 N–H and O–H groups in total. The van der Waals surface area contributed by atoms with E-state index in [4.69, 9.17) is 9.47 Å². The van der Waals surface area contributed by atoms with Gasteiger partial charge < -0.3 is 19.7 Å². The van der Waals surface area contributed by atoms with E-state index in [-0.39, 0.29) is 5.91 Å². The molecular weight excluding hydrogens is 304 g/mol. The van der Waals surface area contributed by atoms with Crippen molar-refractivity contribution in [1.82, 2.24) is 5.32 Å². The molecule has 0 aliphatic heterocycles. The van der Waals surface area contributed by atoms with Crippen LogP contribution >= 0.6 is 0 Å². The van der Waals surface area contributed by atoms with Gasteiger partial charge in [0, 0.05) is 26.3 Å². The maximum atomic E-state index is 12.1. The third-order valence-corrected chi connectivity index (χ3v) is 3.66. The molecule has 0 fully saturated rings. The van der Waals surface area contributed by atoms with Crippen LogP contribution in [0.2, 0.25) is 0 Å². The predicted molar refractivity (Wildman–Crippen MR) is 95.7 cm³/mol. The van der Waals surface area contributed by atoms with Crippen molar-refractivity contribution in [2.75, 3.05) is 26.1 Å². The Hall–Kier alpha value is -2.69. The van der Waals surface area contributed by atoms with Crippen LogP contribution in [0.25, 0.3) is 0 Å². The number of methoxy groups -OCH3 is 1. The molecule has 0 heterocycles. The molecule has 1 amide bonds. The average molecular weight is 328 g/mol. The highest BCUT2D eigenvalue weighted by atomic mass is 16.5. The van der Waals surface area contributed by atoms with Crippen LogP contribution in [0, 0.1) is 0 Å². The molecule has 0 bridgehead atoms. The van der Waals surface area contributed by atoms with E-state index in [1.54, 1.807) is 38.3 Å².